The van der Waals surface area contributed by atoms with E-state index >= 15 is 0 Å². The van der Waals surface area contributed by atoms with E-state index in [4.69, 9.17) is 9.47 Å². The second kappa shape index (κ2) is 6.88. The molecule has 0 amide bonds. The van der Waals surface area contributed by atoms with Gasteiger partial charge < -0.3 is 9.47 Å². The van der Waals surface area contributed by atoms with E-state index in [2.05, 4.69) is 22.0 Å². The Morgan fingerprint density at radius 2 is 2.26 bits per heavy atom. The maximum absolute atomic E-state index is 6.13. The van der Waals surface area contributed by atoms with Crippen LogP contribution in [0, 0.1) is 11.3 Å². The van der Waals surface area contributed by atoms with Crippen LogP contribution in [-0.2, 0) is 16.0 Å². The zero-order chi connectivity index (χ0) is 15.5. The van der Waals surface area contributed by atoms with Crippen LogP contribution in [0.5, 0.6) is 0 Å². The molecule has 3 aliphatic rings. The molecule has 0 aromatic carbocycles. The fourth-order valence-corrected chi connectivity index (χ4v) is 4.16. The molecule has 2 aliphatic heterocycles. The van der Waals surface area contributed by atoms with Gasteiger partial charge in [0.05, 0.1) is 18.4 Å². The van der Waals surface area contributed by atoms with Gasteiger partial charge in [-0.2, -0.15) is 0 Å². The van der Waals surface area contributed by atoms with Crippen LogP contribution in [0.3, 0.4) is 0 Å². The van der Waals surface area contributed by atoms with E-state index in [0.29, 0.717) is 6.10 Å². The average Bonchev–Trinajstić information content (AvgIpc) is 3.40. The summed E-state index contributed by atoms with van der Waals surface area (Å²) in [6.07, 6.45) is 8.52. The Balaban J connectivity index is 1.41. The lowest BCUT2D eigenvalue weighted by molar-refractivity contribution is -0.154. The second-order valence-electron chi connectivity index (χ2n) is 7.60. The van der Waals surface area contributed by atoms with Crippen molar-refractivity contribution in [2.75, 3.05) is 32.9 Å². The van der Waals surface area contributed by atoms with Crippen molar-refractivity contribution in [2.24, 2.45) is 11.3 Å². The molecule has 0 spiro atoms. The topological polar surface area (TPSA) is 34.6 Å². The molecule has 1 aromatic heterocycles. The number of hydrogen-bond acceptors (Lipinski definition) is 4. The summed E-state index contributed by atoms with van der Waals surface area (Å²) < 4.78 is 12.3. The van der Waals surface area contributed by atoms with Crippen LogP contribution in [0.15, 0.2) is 24.4 Å². The number of rotatable bonds is 6. The molecule has 1 aromatic rings. The molecule has 0 unspecified atom stereocenters. The van der Waals surface area contributed by atoms with Crippen molar-refractivity contribution < 1.29 is 9.47 Å². The maximum Gasteiger partial charge on any atom is 0.0677 e. The van der Waals surface area contributed by atoms with E-state index in [-0.39, 0.29) is 5.41 Å². The first-order valence-corrected chi connectivity index (χ1v) is 9.16. The first kappa shape index (κ1) is 15.6. The summed E-state index contributed by atoms with van der Waals surface area (Å²) >= 11 is 0. The van der Waals surface area contributed by atoms with Crippen molar-refractivity contribution >= 4 is 0 Å². The van der Waals surface area contributed by atoms with Gasteiger partial charge in [0, 0.05) is 44.5 Å². The minimum Gasteiger partial charge on any atom is -0.380 e. The molecule has 2 atom stereocenters. The summed E-state index contributed by atoms with van der Waals surface area (Å²) in [5, 5.41) is 0. The van der Waals surface area contributed by atoms with Crippen molar-refractivity contribution in [1.29, 1.82) is 0 Å². The fraction of sp³-hybridized carbons (Fsp3) is 0.737. The highest BCUT2D eigenvalue weighted by Crippen LogP contribution is 2.41. The van der Waals surface area contributed by atoms with Crippen LogP contribution in [0.2, 0.25) is 0 Å². The molecule has 23 heavy (non-hydrogen) atoms. The molecule has 3 fully saturated rings. The molecule has 126 valence electrons. The first-order valence-electron chi connectivity index (χ1n) is 9.16. The van der Waals surface area contributed by atoms with Crippen molar-refractivity contribution in [1.82, 2.24) is 9.88 Å². The highest BCUT2D eigenvalue weighted by Gasteiger charge is 2.46. The Kier molecular flexibility index (Phi) is 4.65. The summed E-state index contributed by atoms with van der Waals surface area (Å²) in [7, 11) is 0. The van der Waals surface area contributed by atoms with E-state index in [1.807, 2.05) is 12.3 Å². The van der Waals surface area contributed by atoms with Gasteiger partial charge in [-0.05, 0) is 50.2 Å². The Morgan fingerprint density at radius 3 is 3.09 bits per heavy atom. The van der Waals surface area contributed by atoms with E-state index in [1.54, 1.807) is 0 Å². The van der Waals surface area contributed by atoms with Gasteiger partial charge in [0.15, 0.2) is 0 Å². The van der Waals surface area contributed by atoms with Crippen molar-refractivity contribution in [3.8, 4) is 0 Å². The Hall–Kier alpha value is -0.970. The van der Waals surface area contributed by atoms with Gasteiger partial charge in [0.2, 0.25) is 0 Å². The van der Waals surface area contributed by atoms with Gasteiger partial charge in [-0.1, -0.05) is 6.07 Å². The Labute approximate surface area is 139 Å². The molecule has 2 saturated heterocycles. The number of ether oxygens (including phenoxy) is 2. The molecule has 4 rings (SSSR count). The number of piperidine rings is 1. The summed E-state index contributed by atoms with van der Waals surface area (Å²) in [5.41, 5.74) is 1.36. The van der Waals surface area contributed by atoms with E-state index < -0.39 is 0 Å². The molecular formula is C19H28N2O2. The van der Waals surface area contributed by atoms with Crippen LogP contribution in [0.4, 0.5) is 0 Å². The van der Waals surface area contributed by atoms with Gasteiger partial charge in [-0.25, -0.2) is 0 Å². The Morgan fingerprint density at radius 1 is 1.30 bits per heavy atom. The lowest BCUT2D eigenvalue weighted by atomic mass is 9.73. The van der Waals surface area contributed by atoms with Gasteiger partial charge in [-0.15, -0.1) is 0 Å². The molecule has 1 aliphatic carbocycles. The SMILES string of the molecule is c1ccc(CN2CC[C@@H]3OCCC[C@]3(COCC3CC3)C2)nc1. The summed E-state index contributed by atoms with van der Waals surface area (Å²) in [6.45, 7) is 5.87. The van der Waals surface area contributed by atoms with Crippen LogP contribution < -0.4 is 0 Å². The highest BCUT2D eigenvalue weighted by atomic mass is 16.5. The maximum atomic E-state index is 6.13. The van der Waals surface area contributed by atoms with Crippen molar-refractivity contribution in [3.05, 3.63) is 30.1 Å². The van der Waals surface area contributed by atoms with Crippen molar-refractivity contribution in [3.63, 3.8) is 0 Å². The average molecular weight is 316 g/mol. The molecule has 0 radical (unpaired) electrons. The predicted molar refractivity (Wildman–Crippen MR) is 89.1 cm³/mol. The normalized spacial score (nSPS) is 31.7. The molecular weight excluding hydrogens is 288 g/mol. The molecule has 4 nitrogen and oxygen atoms in total. The Bertz CT molecular complexity index is 505. The largest absolute Gasteiger partial charge is 0.380 e. The number of likely N-dealkylation sites (tertiary alicyclic amines) is 1. The zero-order valence-corrected chi connectivity index (χ0v) is 14.0. The van der Waals surface area contributed by atoms with Gasteiger partial charge in [0.25, 0.3) is 0 Å². The minimum absolute atomic E-state index is 0.195. The predicted octanol–water partition coefficient (Wildman–Crippen LogP) is 2.88. The zero-order valence-electron chi connectivity index (χ0n) is 14.0. The highest BCUT2D eigenvalue weighted by molar-refractivity contribution is 5.05. The smallest absolute Gasteiger partial charge is 0.0677 e. The number of nitrogens with zero attached hydrogens (tertiary/aromatic N) is 2. The van der Waals surface area contributed by atoms with Crippen molar-refractivity contribution in [2.45, 2.75) is 44.8 Å². The quantitative estimate of drug-likeness (QED) is 0.808. The molecule has 0 N–H and O–H groups in total. The van der Waals surface area contributed by atoms with Gasteiger partial charge in [0.1, 0.15) is 0 Å². The lowest BCUT2D eigenvalue weighted by Gasteiger charge is -2.50. The van der Waals surface area contributed by atoms with Gasteiger partial charge in [-0.3, -0.25) is 9.88 Å². The summed E-state index contributed by atoms with van der Waals surface area (Å²) in [6, 6.07) is 6.19. The summed E-state index contributed by atoms with van der Waals surface area (Å²) in [5.74, 6) is 0.836. The third-order valence-electron chi connectivity index (χ3n) is 5.62. The first-order chi connectivity index (χ1) is 11.3. The third kappa shape index (κ3) is 3.76. The fourth-order valence-electron chi connectivity index (χ4n) is 4.16. The third-order valence-corrected chi connectivity index (χ3v) is 5.62. The summed E-state index contributed by atoms with van der Waals surface area (Å²) in [4.78, 5) is 7.04. The second-order valence-corrected chi connectivity index (χ2v) is 7.60. The molecule has 4 heteroatoms. The van der Waals surface area contributed by atoms with Crippen LogP contribution in [-0.4, -0.2) is 48.9 Å². The van der Waals surface area contributed by atoms with E-state index in [1.165, 1.54) is 25.7 Å². The van der Waals surface area contributed by atoms with Crippen LogP contribution in [0.1, 0.15) is 37.8 Å². The van der Waals surface area contributed by atoms with Crippen LogP contribution in [0.25, 0.3) is 0 Å². The van der Waals surface area contributed by atoms with E-state index in [9.17, 15) is 0 Å². The lowest BCUT2D eigenvalue weighted by Crippen LogP contribution is -2.56. The van der Waals surface area contributed by atoms with E-state index in [0.717, 1.165) is 57.5 Å². The molecule has 1 saturated carbocycles. The number of pyridine rings is 1. The number of hydrogen-bond donors (Lipinski definition) is 0. The van der Waals surface area contributed by atoms with Crippen LogP contribution >= 0.6 is 0 Å². The number of fused-ring (bicyclic) bond motifs is 1. The standard InChI is InChI=1S/C19H28N2O2/c1-2-9-20-17(4-1)12-21-10-7-18-19(14-21,8-3-11-23-18)15-22-13-16-5-6-16/h1-2,4,9,16,18H,3,5-8,10-15H2/t18-,19+/m0/s1. The monoisotopic (exact) mass is 316 g/mol. The molecule has 3 heterocycles. The number of aromatic nitrogens is 1. The minimum atomic E-state index is 0.195. The van der Waals surface area contributed by atoms with Gasteiger partial charge >= 0.3 is 0 Å². The molecule has 0 bridgehead atoms.